The summed E-state index contributed by atoms with van der Waals surface area (Å²) in [4.78, 5) is 19.7. The number of carbonyl (C=O) groups is 1. The van der Waals surface area contributed by atoms with Gasteiger partial charge in [-0.3, -0.25) is 4.79 Å². The van der Waals surface area contributed by atoms with Crippen LogP contribution >= 0.6 is 11.6 Å². The van der Waals surface area contributed by atoms with E-state index in [9.17, 15) is 9.18 Å². The van der Waals surface area contributed by atoms with E-state index < -0.39 is 5.82 Å². The molecular formula is C29H27ClFN3O5. The van der Waals surface area contributed by atoms with Gasteiger partial charge in [-0.15, -0.1) is 0 Å². The minimum atomic E-state index is -0.512. The molecule has 39 heavy (non-hydrogen) atoms. The molecule has 2 heterocycles. The standard InChI is InChI=1S/C29H27ClFN3O5/c1-37-26-16-25-22(29(33-18-32-25)34-19-10-12-24(31)23(30)14-19)15-27(26)39-28-13-11-21(38-28)9-7-5-3-2-4-6-8-20(36)17-35/h10-16,18,35H,2-6,8,17H2,1H3,(H,32,33,34). The summed E-state index contributed by atoms with van der Waals surface area (Å²) in [5.41, 5.74) is 1.17. The molecule has 0 aliphatic carbocycles. The summed E-state index contributed by atoms with van der Waals surface area (Å²) in [5.74, 6) is 7.46. The Morgan fingerprint density at radius 3 is 2.74 bits per heavy atom. The molecule has 2 N–H and O–H groups in total. The molecule has 0 unspecified atom stereocenters. The number of hydrogen-bond acceptors (Lipinski definition) is 8. The van der Waals surface area contributed by atoms with Gasteiger partial charge in [0.05, 0.1) is 17.6 Å². The average molecular weight is 552 g/mol. The van der Waals surface area contributed by atoms with E-state index in [4.69, 9.17) is 30.6 Å². The number of nitrogens with zero attached hydrogens (tertiary/aromatic N) is 2. The first-order valence-electron chi connectivity index (χ1n) is 12.4. The van der Waals surface area contributed by atoms with Crippen LogP contribution in [0.5, 0.6) is 17.4 Å². The van der Waals surface area contributed by atoms with Gasteiger partial charge in [0.2, 0.25) is 0 Å². The van der Waals surface area contributed by atoms with Crippen molar-refractivity contribution in [3.8, 4) is 29.3 Å². The van der Waals surface area contributed by atoms with Crippen molar-refractivity contribution in [2.75, 3.05) is 19.0 Å². The topological polar surface area (TPSA) is 107 Å². The molecule has 0 atom stereocenters. The van der Waals surface area contributed by atoms with Crippen LogP contribution in [0.1, 0.15) is 44.3 Å². The molecule has 8 nitrogen and oxygen atoms in total. The maximum Gasteiger partial charge on any atom is 0.291 e. The third-order valence-electron chi connectivity index (χ3n) is 5.79. The highest BCUT2D eigenvalue weighted by Gasteiger charge is 2.14. The first-order chi connectivity index (χ1) is 19.0. The minimum Gasteiger partial charge on any atom is -0.493 e. The number of rotatable bonds is 12. The number of aliphatic hydroxyl groups excluding tert-OH is 1. The van der Waals surface area contributed by atoms with Gasteiger partial charge >= 0.3 is 0 Å². The maximum atomic E-state index is 13.6. The Morgan fingerprint density at radius 1 is 1.10 bits per heavy atom. The summed E-state index contributed by atoms with van der Waals surface area (Å²) in [6, 6.07) is 11.1. The van der Waals surface area contributed by atoms with Crippen LogP contribution in [0.15, 0.2) is 53.2 Å². The fraction of sp³-hybridized carbons (Fsp3) is 0.276. The zero-order chi connectivity index (χ0) is 27.6. The molecular weight excluding hydrogens is 525 g/mol. The SMILES string of the molecule is COc1cc2ncnc(Nc3ccc(F)c(Cl)c3)c2cc1Oc1ccc(C#CCCCCCCC(=O)CO)o1. The van der Waals surface area contributed by atoms with Crippen molar-refractivity contribution in [1.82, 2.24) is 9.97 Å². The van der Waals surface area contributed by atoms with E-state index >= 15 is 0 Å². The van der Waals surface area contributed by atoms with Gasteiger partial charge in [0.15, 0.2) is 23.0 Å². The van der Waals surface area contributed by atoms with Crippen molar-refractivity contribution in [3.05, 3.63) is 65.4 Å². The molecule has 2 aromatic carbocycles. The molecule has 0 saturated heterocycles. The van der Waals surface area contributed by atoms with Gasteiger partial charge in [-0.2, -0.15) is 0 Å². The molecule has 0 radical (unpaired) electrons. The van der Waals surface area contributed by atoms with Crippen molar-refractivity contribution in [2.24, 2.45) is 0 Å². The summed E-state index contributed by atoms with van der Waals surface area (Å²) >= 11 is 5.91. The van der Waals surface area contributed by atoms with Crippen molar-refractivity contribution in [2.45, 2.75) is 38.5 Å². The van der Waals surface area contributed by atoms with Crippen molar-refractivity contribution >= 4 is 39.8 Å². The number of methoxy groups -OCH3 is 1. The number of ketones is 1. The van der Waals surface area contributed by atoms with E-state index in [1.165, 1.54) is 25.6 Å². The average Bonchev–Trinajstić information content (AvgIpc) is 3.39. The summed E-state index contributed by atoms with van der Waals surface area (Å²) in [7, 11) is 1.53. The number of ether oxygens (including phenoxy) is 2. The van der Waals surface area contributed by atoms with Crippen LogP contribution in [-0.2, 0) is 4.79 Å². The number of aliphatic hydroxyl groups is 1. The molecule has 0 aliphatic heterocycles. The minimum absolute atomic E-state index is 0.00675. The molecule has 202 valence electrons. The zero-order valence-corrected chi connectivity index (χ0v) is 22.1. The second kappa shape index (κ2) is 13.6. The number of halogens is 2. The largest absolute Gasteiger partial charge is 0.493 e. The maximum absolute atomic E-state index is 13.6. The molecule has 0 fully saturated rings. The van der Waals surface area contributed by atoms with E-state index in [-0.39, 0.29) is 23.4 Å². The predicted molar refractivity (Wildman–Crippen MR) is 146 cm³/mol. The summed E-state index contributed by atoms with van der Waals surface area (Å²) in [5, 5.41) is 12.5. The van der Waals surface area contributed by atoms with Crippen LogP contribution in [0.3, 0.4) is 0 Å². The normalized spacial score (nSPS) is 10.7. The monoisotopic (exact) mass is 551 g/mol. The summed E-state index contributed by atoms with van der Waals surface area (Å²) in [6.45, 7) is -0.381. The van der Waals surface area contributed by atoms with Crippen LogP contribution in [-0.4, -0.2) is 34.6 Å². The number of hydrogen-bond donors (Lipinski definition) is 2. The quantitative estimate of drug-likeness (QED) is 0.146. The van der Waals surface area contributed by atoms with Gasteiger partial charge < -0.3 is 24.3 Å². The molecule has 0 saturated carbocycles. The molecule has 2 aromatic heterocycles. The number of benzene rings is 2. The van der Waals surface area contributed by atoms with E-state index in [1.54, 1.807) is 30.3 Å². The van der Waals surface area contributed by atoms with Gasteiger partial charge in [-0.05, 0) is 49.1 Å². The fourth-order valence-corrected chi connectivity index (χ4v) is 3.96. The van der Waals surface area contributed by atoms with Crippen LogP contribution in [0.2, 0.25) is 5.02 Å². The molecule has 4 aromatic rings. The number of fused-ring (bicyclic) bond motifs is 1. The number of aromatic nitrogens is 2. The summed E-state index contributed by atoms with van der Waals surface area (Å²) < 4.78 is 30.8. The lowest BCUT2D eigenvalue weighted by atomic mass is 10.1. The van der Waals surface area contributed by atoms with Gasteiger partial charge in [-0.25, -0.2) is 14.4 Å². The Hall–Kier alpha value is -4.13. The first kappa shape index (κ1) is 27.9. The zero-order valence-electron chi connectivity index (χ0n) is 21.3. The van der Waals surface area contributed by atoms with Crippen molar-refractivity contribution in [1.29, 1.82) is 0 Å². The highest BCUT2D eigenvalue weighted by molar-refractivity contribution is 6.31. The first-order valence-corrected chi connectivity index (χ1v) is 12.8. The Labute approximate surface area is 230 Å². The lowest BCUT2D eigenvalue weighted by Gasteiger charge is -2.13. The fourth-order valence-electron chi connectivity index (χ4n) is 3.78. The number of carbonyl (C=O) groups excluding carboxylic acids is 1. The van der Waals surface area contributed by atoms with Crippen LogP contribution < -0.4 is 14.8 Å². The summed E-state index contributed by atoms with van der Waals surface area (Å²) in [6.07, 6.45) is 6.14. The smallest absolute Gasteiger partial charge is 0.291 e. The Kier molecular flexibility index (Phi) is 9.73. The Morgan fingerprint density at radius 2 is 1.95 bits per heavy atom. The van der Waals surface area contributed by atoms with Gasteiger partial charge in [0.25, 0.3) is 5.95 Å². The Balaban J connectivity index is 1.42. The third kappa shape index (κ3) is 7.69. The van der Waals surface area contributed by atoms with Crippen LogP contribution in [0.4, 0.5) is 15.9 Å². The second-order valence-corrected chi connectivity index (χ2v) is 9.04. The van der Waals surface area contributed by atoms with Crippen LogP contribution in [0.25, 0.3) is 10.9 Å². The lowest BCUT2D eigenvalue weighted by Crippen LogP contribution is -2.02. The molecule has 4 rings (SSSR count). The molecule has 0 bridgehead atoms. The van der Waals surface area contributed by atoms with Crippen LogP contribution in [0, 0.1) is 17.7 Å². The predicted octanol–water partition coefficient (Wildman–Crippen LogP) is 6.81. The highest BCUT2D eigenvalue weighted by Crippen LogP contribution is 2.38. The van der Waals surface area contributed by atoms with E-state index in [2.05, 4.69) is 27.1 Å². The number of anilines is 2. The number of Topliss-reactive ketones (excluding diaryl/α,β-unsaturated/α-hetero) is 1. The number of unbranched alkanes of at least 4 members (excludes halogenated alkanes) is 4. The number of furan rings is 1. The number of nitrogens with one attached hydrogen (secondary N) is 1. The highest BCUT2D eigenvalue weighted by atomic mass is 35.5. The van der Waals surface area contributed by atoms with Gasteiger partial charge in [0, 0.05) is 36.0 Å². The van der Waals surface area contributed by atoms with E-state index in [0.717, 1.165) is 25.7 Å². The molecule has 10 heteroatoms. The molecule has 0 amide bonds. The van der Waals surface area contributed by atoms with E-state index in [1.807, 2.05) is 0 Å². The van der Waals surface area contributed by atoms with Crippen molar-refractivity contribution in [3.63, 3.8) is 0 Å². The van der Waals surface area contributed by atoms with Gasteiger partial charge in [-0.1, -0.05) is 30.4 Å². The molecule has 0 aliphatic rings. The van der Waals surface area contributed by atoms with E-state index in [0.29, 0.717) is 52.5 Å². The second-order valence-electron chi connectivity index (χ2n) is 8.63. The van der Waals surface area contributed by atoms with Crippen molar-refractivity contribution < 1.29 is 28.2 Å². The lowest BCUT2D eigenvalue weighted by molar-refractivity contribution is -0.121. The third-order valence-corrected chi connectivity index (χ3v) is 6.08. The Bertz CT molecular complexity index is 1510. The van der Waals surface area contributed by atoms with Gasteiger partial charge in [0.1, 0.15) is 24.6 Å². The molecule has 0 spiro atoms.